The lowest BCUT2D eigenvalue weighted by atomic mass is 9.91. The number of hydrogen-bond donors (Lipinski definition) is 2. The highest BCUT2D eigenvalue weighted by molar-refractivity contribution is 9.10. The summed E-state index contributed by atoms with van der Waals surface area (Å²) in [5.41, 5.74) is 1.43. The van der Waals surface area contributed by atoms with Crippen LogP contribution in [0.5, 0.6) is 11.6 Å². The van der Waals surface area contributed by atoms with Crippen molar-refractivity contribution in [3.05, 3.63) is 89.0 Å². The molecular weight excluding hydrogens is 492 g/mol. The summed E-state index contributed by atoms with van der Waals surface area (Å²) in [6.45, 7) is 0. The van der Waals surface area contributed by atoms with Crippen LogP contribution in [0.15, 0.2) is 83.5 Å². The fourth-order valence-corrected chi connectivity index (χ4v) is 4.52. The number of amides is 1. The summed E-state index contributed by atoms with van der Waals surface area (Å²) < 4.78 is 6.84. The molecule has 4 aromatic rings. The lowest BCUT2D eigenvalue weighted by Gasteiger charge is -2.30. The van der Waals surface area contributed by atoms with Crippen molar-refractivity contribution < 1.29 is 9.53 Å². The Morgan fingerprint density at radius 3 is 2.47 bits per heavy atom. The molecule has 0 unspecified atom stereocenters. The average Bonchev–Trinajstić information content (AvgIpc) is 2.87. The molecule has 2 aromatic heterocycles. The Morgan fingerprint density at radius 1 is 0.882 bits per heavy atom. The number of hydrogen-bond acceptors (Lipinski definition) is 5. The Balaban J connectivity index is 1.17. The number of carbonyl (C=O) groups excluding carboxylic acids is 1. The van der Waals surface area contributed by atoms with Crippen LogP contribution in [0.4, 0.5) is 5.82 Å². The van der Waals surface area contributed by atoms with E-state index in [-0.39, 0.29) is 11.9 Å². The fourth-order valence-electron chi connectivity index (χ4n) is 4.26. The normalized spacial score (nSPS) is 17.8. The number of nitrogens with zero attached hydrogens (tertiary/aromatic N) is 2. The predicted molar refractivity (Wildman–Crippen MR) is 137 cm³/mol. The zero-order valence-corrected chi connectivity index (χ0v) is 20.2. The topological polar surface area (TPSA) is 76.1 Å². The second kappa shape index (κ2) is 10.2. The van der Waals surface area contributed by atoms with Crippen LogP contribution in [0.2, 0.25) is 0 Å². The van der Waals surface area contributed by atoms with Gasteiger partial charge in [0.25, 0.3) is 5.91 Å². The molecule has 2 heterocycles. The first kappa shape index (κ1) is 22.3. The Bertz CT molecular complexity index is 1290. The first-order valence-electron chi connectivity index (χ1n) is 11.5. The first-order chi connectivity index (χ1) is 16.6. The number of halogens is 1. The van der Waals surface area contributed by atoms with Crippen LogP contribution in [-0.2, 0) is 0 Å². The molecule has 1 fully saturated rings. The van der Waals surface area contributed by atoms with Gasteiger partial charge in [0.05, 0.1) is 5.52 Å². The lowest BCUT2D eigenvalue weighted by molar-refractivity contribution is 0.0923. The van der Waals surface area contributed by atoms with Gasteiger partial charge in [0.2, 0.25) is 5.88 Å². The van der Waals surface area contributed by atoms with Crippen LogP contribution in [0.3, 0.4) is 0 Å². The van der Waals surface area contributed by atoms with Gasteiger partial charge in [-0.25, -0.2) is 9.97 Å². The monoisotopic (exact) mass is 516 g/mol. The summed E-state index contributed by atoms with van der Waals surface area (Å²) in [4.78, 5) is 22.0. The third-order valence-electron chi connectivity index (χ3n) is 6.06. The van der Waals surface area contributed by atoms with Crippen molar-refractivity contribution in [2.24, 2.45) is 0 Å². The molecule has 1 aliphatic rings. The molecule has 0 saturated heterocycles. The van der Waals surface area contributed by atoms with Gasteiger partial charge in [-0.3, -0.25) is 4.79 Å². The van der Waals surface area contributed by atoms with E-state index in [1.54, 1.807) is 18.3 Å². The molecule has 1 saturated carbocycles. The number of benzene rings is 2. The summed E-state index contributed by atoms with van der Waals surface area (Å²) in [6.07, 6.45) is 5.37. The number of ether oxygens (including phenoxy) is 1. The maximum absolute atomic E-state index is 13.0. The molecule has 1 amide bonds. The zero-order valence-electron chi connectivity index (χ0n) is 18.6. The summed E-state index contributed by atoms with van der Waals surface area (Å²) in [5.74, 6) is 1.67. The Hall–Kier alpha value is -3.45. The van der Waals surface area contributed by atoms with E-state index in [9.17, 15) is 4.79 Å². The van der Waals surface area contributed by atoms with Crippen LogP contribution < -0.4 is 15.4 Å². The van der Waals surface area contributed by atoms with Gasteiger partial charge < -0.3 is 15.4 Å². The lowest BCUT2D eigenvalue weighted by Crippen LogP contribution is -2.40. The van der Waals surface area contributed by atoms with Gasteiger partial charge >= 0.3 is 0 Å². The Kier molecular flexibility index (Phi) is 6.72. The highest BCUT2D eigenvalue weighted by atomic mass is 79.9. The van der Waals surface area contributed by atoms with Gasteiger partial charge in [-0.2, -0.15) is 0 Å². The molecule has 0 aliphatic heterocycles. The van der Waals surface area contributed by atoms with E-state index >= 15 is 0 Å². The van der Waals surface area contributed by atoms with E-state index in [1.807, 2.05) is 48.5 Å². The predicted octanol–water partition coefficient (Wildman–Crippen LogP) is 6.34. The van der Waals surface area contributed by atoms with Gasteiger partial charge in [0, 0.05) is 28.1 Å². The second-order valence-electron chi connectivity index (χ2n) is 8.47. The van der Waals surface area contributed by atoms with Gasteiger partial charge in [-0.15, -0.1) is 0 Å². The van der Waals surface area contributed by atoms with Crippen molar-refractivity contribution in [2.75, 3.05) is 5.32 Å². The molecule has 0 radical (unpaired) electrons. The largest absolute Gasteiger partial charge is 0.438 e. The van der Waals surface area contributed by atoms with Crippen LogP contribution in [0.25, 0.3) is 10.9 Å². The standard InChI is InChI=1S/C27H25BrN4O2/c28-19-8-14-22(15-9-19)34-27-23(5-3-17-29-27)26(33)31-21-12-10-20(11-13-21)30-25-16-7-18-4-1-2-6-24(18)32-25/h1-9,14-17,20-21H,10-13H2,(H,30,32)(H,31,33). The van der Waals surface area contributed by atoms with Crippen molar-refractivity contribution in [3.8, 4) is 11.6 Å². The van der Waals surface area contributed by atoms with Crippen molar-refractivity contribution in [2.45, 2.75) is 37.8 Å². The molecular formula is C27H25BrN4O2. The van der Waals surface area contributed by atoms with E-state index in [4.69, 9.17) is 9.72 Å². The van der Waals surface area contributed by atoms with E-state index in [0.29, 0.717) is 23.2 Å². The Labute approximate surface area is 206 Å². The van der Waals surface area contributed by atoms with Crippen LogP contribution in [0.1, 0.15) is 36.0 Å². The van der Waals surface area contributed by atoms with Crippen molar-refractivity contribution in [1.29, 1.82) is 0 Å². The zero-order chi connectivity index (χ0) is 23.3. The highest BCUT2D eigenvalue weighted by Crippen LogP contribution is 2.26. The smallest absolute Gasteiger partial charge is 0.257 e. The molecule has 7 heteroatoms. The molecule has 0 spiro atoms. The molecule has 1 aliphatic carbocycles. The van der Waals surface area contributed by atoms with E-state index < -0.39 is 0 Å². The number of carbonyl (C=O) groups is 1. The highest BCUT2D eigenvalue weighted by Gasteiger charge is 2.24. The Morgan fingerprint density at radius 2 is 1.65 bits per heavy atom. The number of para-hydroxylation sites is 1. The van der Waals surface area contributed by atoms with Crippen LogP contribution in [0, 0.1) is 0 Å². The molecule has 172 valence electrons. The maximum Gasteiger partial charge on any atom is 0.257 e. The molecule has 5 rings (SSSR count). The van der Waals surface area contributed by atoms with Gasteiger partial charge in [0.1, 0.15) is 17.1 Å². The minimum absolute atomic E-state index is 0.121. The number of pyridine rings is 2. The van der Waals surface area contributed by atoms with E-state index in [1.165, 1.54) is 0 Å². The fraction of sp³-hybridized carbons (Fsp3) is 0.222. The van der Waals surface area contributed by atoms with Crippen molar-refractivity contribution in [3.63, 3.8) is 0 Å². The quantitative estimate of drug-likeness (QED) is 0.312. The minimum Gasteiger partial charge on any atom is -0.438 e. The number of anilines is 1. The molecule has 2 aromatic carbocycles. The summed E-state index contributed by atoms with van der Waals surface area (Å²) in [6, 6.07) is 23.6. The molecule has 0 atom stereocenters. The van der Waals surface area contributed by atoms with E-state index in [0.717, 1.165) is 46.9 Å². The van der Waals surface area contributed by atoms with Gasteiger partial charge in [-0.1, -0.05) is 34.1 Å². The third kappa shape index (κ3) is 5.37. The third-order valence-corrected chi connectivity index (χ3v) is 6.59. The number of rotatable bonds is 6. The summed E-state index contributed by atoms with van der Waals surface area (Å²) >= 11 is 3.41. The number of aromatic nitrogens is 2. The molecule has 6 nitrogen and oxygen atoms in total. The second-order valence-corrected chi connectivity index (χ2v) is 9.38. The number of nitrogens with one attached hydrogen (secondary N) is 2. The van der Waals surface area contributed by atoms with Crippen LogP contribution in [-0.4, -0.2) is 28.0 Å². The number of fused-ring (bicyclic) bond motifs is 1. The van der Waals surface area contributed by atoms with Crippen molar-refractivity contribution in [1.82, 2.24) is 15.3 Å². The molecule has 34 heavy (non-hydrogen) atoms. The van der Waals surface area contributed by atoms with Gasteiger partial charge in [0.15, 0.2) is 0 Å². The molecule has 2 N–H and O–H groups in total. The first-order valence-corrected chi connectivity index (χ1v) is 12.2. The van der Waals surface area contributed by atoms with Crippen LogP contribution >= 0.6 is 15.9 Å². The van der Waals surface area contributed by atoms with Gasteiger partial charge in [-0.05, 0) is 80.3 Å². The SMILES string of the molecule is O=C(NC1CCC(Nc2ccc3ccccc3n2)CC1)c1cccnc1Oc1ccc(Br)cc1. The van der Waals surface area contributed by atoms with Crippen molar-refractivity contribution >= 4 is 38.6 Å². The maximum atomic E-state index is 13.0. The molecule has 0 bridgehead atoms. The summed E-state index contributed by atoms with van der Waals surface area (Å²) in [7, 11) is 0. The summed E-state index contributed by atoms with van der Waals surface area (Å²) in [5, 5.41) is 7.87. The minimum atomic E-state index is -0.159. The van der Waals surface area contributed by atoms with E-state index in [2.05, 4.69) is 43.7 Å². The average molecular weight is 517 g/mol.